The van der Waals surface area contributed by atoms with Crippen molar-refractivity contribution in [2.75, 3.05) is 59.2 Å². The van der Waals surface area contributed by atoms with Gasteiger partial charge in [0.25, 0.3) is 0 Å². The van der Waals surface area contributed by atoms with Crippen LogP contribution in [-0.2, 0) is 18.9 Å². The lowest BCUT2D eigenvalue weighted by Gasteiger charge is -2.32. The van der Waals surface area contributed by atoms with Gasteiger partial charge in [-0.25, -0.2) is 0 Å². The predicted octanol–water partition coefficient (Wildman–Crippen LogP) is -0.426. The molecule has 120 valence electrons. The van der Waals surface area contributed by atoms with E-state index in [0.717, 1.165) is 59.2 Å². The minimum absolute atomic E-state index is 0.443. The summed E-state index contributed by atoms with van der Waals surface area (Å²) in [6.45, 7) is 11.2. The van der Waals surface area contributed by atoms with Crippen molar-refractivity contribution in [3.8, 4) is 0 Å². The summed E-state index contributed by atoms with van der Waals surface area (Å²) in [6.07, 6.45) is 1.78. The van der Waals surface area contributed by atoms with E-state index in [9.17, 15) is 0 Å². The second kappa shape index (κ2) is 6.10. The molecule has 0 amide bonds. The fourth-order valence-electron chi connectivity index (χ4n) is 2.94. The van der Waals surface area contributed by atoms with Crippen LogP contribution >= 0.6 is 0 Å². The molecule has 21 heavy (non-hydrogen) atoms. The maximum atomic E-state index is 5.41. The van der Waals surface area contributed by atoms with E-state index in [1.54, 1.807) is 0 Å². The Labute approximate surface area is 126 Å². The van der Waals surface area contributed by atoms with Crippen LogP contribution in [-0.4, -0.2) is 99.4 Å². The second-order valence-electron chi connectivity index (χ2n) is 6.84. The van der Waals surface area contributed by atoms with Crippen LogP contribution in [0.2, 0.25) is 0 Å². The molecular weight excluding hydrogens is 272 g/mol. The van der Waals surface area contributed by atoms with Crippen LogP contribution in [0.25, 0.3) is 0 Å². The summed E-state index contributed by atoms with van der Waals surface area (Å²) in [7, 11) is 0. The van der Waals surface area contributed by atoms with Gasteiger partial charge in [0.2, 0.25) is 0 Å². The Morgan fingerprint density at radius 1 is 0.762 bits per heavy atom. The van der Waals surface area contributed by atoms with Crippen LogP contribution in [0.4, 0.5) is 0 Å². The highest BCUT2D eigenvalue weighted by Crippen LogP contribution is 2.20. The third-order valence-electron chi connectivity index (χ3n) is 4.56. The van der Waals surface area contributed by atoms with Gasteiger partial charge in [-0.15, -0.1) is 0 Å². The first-order chi connectivity index (χ1) is 10.3. The molecule has 0 spiro atoms. The molecule has 4 aliphatic rings. The summed E-state index contributed by atoms with van der Waals surface area (Å²) in [5.74, 6) is 0. The van der Waals surface area contributed by atoms with Crippen molar-refractivity contribution in [3.05, 3.63) is 0 Å². The van der Waals surface area contributed by atoms with Crippen molar-refractivity contribution in [2.45, 2.75) is 37.4 Å². The van der Waals surface area contributed by atoms with Crippen LogP contribution < -0.4 is 0 Å². The molecule has 6 nitrogen and oxygen atoms in total. The average Bonchev–Trinajstić information content (AvgIpc) is 3.30. The zero-order valence-electron chi connectivity index (χ0n) is 12.8. The Kier molecular flexibility index (Phi) is 4.17. The number of hydrogen-bond donors (Lipinski definition) is 0. The highest BCUT2D eigenvalue weighted by atomic mass is 16.6. The van der Waals surface area contributed by atoms with Crippen molar-refractivity contribution in [1.82, 2.24) is 9.80 Å². The van der Waals surface area contributed by atoms with Crippen molar-refractivity contribution in [3.63, 3.8) is 0 Å². The van der Waals surface area contributed by atoms with E-state index < -0.39 is 0 Å². The Hall–Kier alpha value is -0.240. The molecule has 0 aromatic heterocycles. The summed E-state index contributed by atoms with van der Waals surface area (Å²) in [5, 5.41) is 0. The molecular formula is C15H26N2O4. The maximum Gasteiger partial charge on any atom is 0.0936 e. The number of hydrogen-bond acceptors (Lipinski definition) is 6. The quantitative estimate of drug-likeness (QED) is 0.483. The number of rotatable bonds is 11. The first-order valence-corrected chi connectivity index (χ1v) is 8.19. The highest BCUT2D eigenvalue weighted by molar-refractivity contribution is 4.86. The van der Waals surface area contributed by atoms with Crippen LogP contribution in [0.15, 0.2) is 0 Å². The van der Waals surface area contributed by atoms with Crippen LogP contribution in [0, 0.1) is 0 Å². The number of nitrogens with zero attached hydrogens (tertiary/aromatic N) is 2. The van der Waals surface area contributed by atoms with Gasteiger partial charge in [-0.2, -0.15) is 0 Å². The monoisotopic (exact) mass is 298 g/mol. The van der Waals surface area contributed by atoms with E-state index >= 15 is 0 Å². The molecule has 0 aromatic rings. The minimum Gasteiger partial charge on any atom is -0.372 e. The van der Waals surface area contributed by atoms with Gasteiger partial charge in [0.05, 0.1) is 50.8 Å². The molecule has 5 unspecified atom stereocenters. The average molecular weight is 298 g/mol. The van der Waals surface area contributed by atoms with Gasteiger partial charge in [0, 0.05) is 38.8 Å². The summed E-state index contributed by atoms with van der Waals surface area (Å²) in [5.41, 5.74) is 0. The molecule has 0 saturated carbocycles. The first-order valence-electron chi connectivity index (χ1n) is 8.19. The third-order valence-corrected chi connectivity index (χ3v) is 4.56. The fourth-order valence-corrected chi connectivity index (χ4v) is 2.94. The van der Waals surface area contributed by atoms with E-state index in [0.29, 0.717) is 30.5 Å². The molecule has 0 aromatic carbocycles. The molecule has 6 heteroatoms. The lowest BCUT2D eigenvalue weighted by molar-refractivity contribution is 0.120. The summed E-state index contributed by atoms with van der Waals surface area (Å²) < 4.78 is 21.6. The van der Waals surface area contributed by atoms with Crippen LogP contribution in [0.3, 0.4) is 0 Å². The van der Waals surface area contributed by atoms with Gasteiger partial charge in [0.1, 0.15) is 0 Å². The standard InChI is InChI=1S/C15H26N2O4/c1-11(17(5-14-9-20-14)6-15-10-21-15)2-16(3-12-7-18-12)4-13-8-19-13/h11-15H,2-10H2,1H3. The Morgan fingerprint density at radius 3 is 1.52 bits per heavy atom. The van der Waals surface area contributed by atoms with E-state index in [1.807, 2.05) is 0 Å². The zero-order chi connectivity index (χ0) is 14.2. The van der Waals surface area contributed by atoms with Gasteiger partial charge < -0.3 is 18.9 Å². The maximum absolute atomic E-state index is 5.41. The minimum atomic E-state index is 0.443. The van der Waals surface area contributed by atoms with Gasteiger partial charge >= 0.3 is 0 Å². The second-order valence-corrected chi connectivity index (χ2v) is 6.84. The highest BCUT2D eigenvalue weighted by Gasteiger charge is 2.35. The molecule has 4 fully saturated rings. The molecule has 5 atom stereocenters. The summed E-state index contributed by atoms with van der Waals surface area (Å²) in [6, 6.07) is 0.510. The normalized spacial score (nSPS) is 37.9. The van der Waals surface area contributed by atoms with Gasteiger partial charge in [-0.05, 0) is 6.92 Å². The van der Waals surface area contributed by atoms with E-state index in [1.165, 1.54) is 0 Å². The molecule has 4 rings (SSSR count). The van der Waals surface area contributed by atoms with Gasteiger partial charge in [0.15, 0.2) is 0 Å². The van der Waals surface area contributed by atoms with Crippen molar-refractivity contribution in [1.29, 1.82) is 0 Å². The molecule has 4 heterocycles. The fraction of sp³-hybridized carbons (Fsp3) is 1.00. The Morgan fingerprint density at radius 2 is 1.14 bits per heavy atom. The molecule has 4 saturated heterocycles. The van der Waals surface area contributed by atoms with Gasteiger partial charge in [-0.1, -0.05) is 0 Å². The van der Waals surface area contributed by atoms with Crippen molar-refractivity contribution < 1.29 is 18.9 Å². The lowest BCUT2D eigenvalue weighted by Crippen LogP contribution is -2.47. The van der Waals surface area contributed by atoms with Gasteiger partial charge in [-0.3, -0.25) is 9.80 Å². The van der Waals surface area contributed by atoms with Crippen LogP contribution in [0.1, 0.15) is 6.92 Å². The molecule has 0 bridgehead atoms. The molecule has 0 N–H and O–H groups in total. The number of epoxide rings is 4. The SMILES string of the molecule is CC(CN(CC1CO1)CC1CO1)N(CC1CO1)CC1CO1. The number of ether oxygens (including phenoxy) is 4. The van der Waals surface area contributed by atoms with Crippen molar-refractivity contribution in [2.24, 2.45) is 0 Å². The smallest absolute Gasteiger partial charge is 0.0936 e. The largest absolute Gasteiger partial charge is 0.372 e. The Bertz CT molecular complexity index is 326. The van der Waals surface area contributed by atoms with E-state index in [2.05, 4.69) is 16.7 Å². The van der Waals surface area contributed by atoms with Crippen molar-refractivity contribution >= 4 is 0 Å². The van der Waals surface area contributed by atoms with E-state index in [4.69, 9.17) is 18.9 Å². The first kappa shape index (κ1) is 14.4. The summed E-state index contributed by atoms with van der Waals surface area (Å²) >= 11 is 0. The lowest BCUT2D eigenvalue weighted by atomic mass is 10.2. The molecule has 4 aliphatic heterocycles. The van der Waals surface area contributed by atoms with Crippen LogP contribution in [0.5, 0.6) is 0 Å². The molecule has 0 radical (unpaired) electrons. The Balaban J connectivity index is 1.29. The third kappa shape index (κ3) is 4.87. The zero-order valence-corrected chi connectivity index (χ0v) is 12.8. The predicted molar refractivity (Wildman–Crippen MR) is 76.4 cm³/mol. The molecule has 0 aliphatic carbocycles. The summed E-state index contributed by atoms with van der Waals surface area (Å²) in [4.78, 5) is 5.04. The van der Waals surface area contributed by atoms with E-state index in [-0.39, 0.29) is 0 Å². The topological polar surface area (TPSA) is 56.6 Å².